The second-order valence-electron chi connectivity index (χ2n) is 4.87. The first-order valence-electron chi connectivity index (χ1n) is 4.01. The van der Waals surface area contributed by atoms with Gasteiger partial charge in [-0.3, -0.25) is 0 Å². The molecule has 0 bridgehead atoms. The van der Waals surface area contributed by atoms with E-state index in [4.69, 9.17) is 4.74 Å². The smallest absolute Gasteiger partial charge is 0.0605 e. The van der Waals surface area contributed by atoms with E-state index in [0.29, 0.717) is 6.61 Å². The standard InChI is InChI=1S/C9H20OS/c1-8(2,3)6-10-7-9(4,5)11/h11H,6-7H2,1-5H3. The van der Waals surface area contributed by atoms with Crippen LogP contribution in [0, 0.1) is 5.41 Å². The summed E-state index contributed by atoms with van der Waals surface area (Å²) >= 11 is 4.36. The summed E-state index contributed by atoms with van der Waals surface area (Å²) in [6.45, 7) is 12.1. The van der Waals surface area contributed by atoms with Crippen LogP contribution in [0.2, 0.25) is 0 Å². The highest BCUT2D eigenvalue weighted by Gasteiger charge is 2.15. The molecule has 11 heavy (non-hydrogen) atoms. The SMILES string of the molecule is CC(C)(C)COCC(C)(C)S. The van der Waals surface area contributed by atoms with Crippen LogP contribution in [-0.4, -0.2) is 18.0 Å². The first-order valence-corrected chi connectivity index (χ1v) is 4.46. The minimum atomic E-state index is -0.00868. The van der Waals surface area contributed by atoms with Gasteiger partial charge in [0.2, 0.25) is 0 Å². The molecule has 0 radical (unpaired) electrons. The van der Waals surface area contributed by atoms with Gasteiger partial charge in [-0.05, 0) is 19.3 Å². The quantitative estimate of drug-likeness (QED) is 0.651. The van der Waals surface area contributed by atoms with Gasteiger partial charge < -0.3 is 4.74 Å². The summed E-state index contributed by atoms with van der Waals surface area (Å²) in [4.78, 5) is 0. The average molecular weight is 176 g/mol. The second-order valence-corrected chi connectivity index (χ2v) is 6.08. The highest BCUT2D eigenvalue weighted by Crippen LogP contribution is 2.16. The molecule has 0 aromatic rings. The zero-order valence-corrected chi connectivity index (χ0v) is 9.16. The van der Waals surface area contributed by atoms with Crippen molar-refractivity contribution < 1.29 is 4.74 Å². The van der Waals surface area contributed by atoms with Crippen molar-refractivity contribution in [3.63, 3.8) is 0 Å². The Morgan fingerprint density at radius 2 is 1.45 bits per heavy atom. The van der Waals surface area contributed by atoms with Gasteiger partial charge in [-0.1, -0.05) is 20.8 Å². The van der Waals surface area contributed by atoms with Gasteiger partial charge in [-0.15, -0.1) is 0 Å². The first kappa shape index (κ1) is 11.3. The van der Waals surface area contributed by atoms with E-state index in [1.807, 2.05) is 0 Å². The molecule has 0 fully saturated rings. The molecule has 0 aliphatic heterocycles. The summed E-state index contributed by atoms with van der Waals surface area (Å²) in [6, 6.07) is 0. The number of hydrogen-bond acceptors (Lipinski definition) is 2. The third-order valence-electron chi connectivity index (χ3n) is 0.990. The Morgan fingerprint density at radius 1 is 1.00 bits per heavy atom. The summed E-state index contributed by atoms with van der Waals surface area (Å²) in [7, 11) is 0. The van der Waals surface area contributed by atoms with Gasteiger partial charge in [0.15, 0.2) is 0 Å². The van der Waals surface area contributed by atoms with Crippen LogP contribution < -0.4 is 0 Å². The van der Waals surface area contributed by atoms with Gasteiger partial charge in [0.1, 0.15) is 0 Å². The lowest BCUT2D eigenvalue weighted by molar-refractivity contribution is 0.0617. The van der Waals surface area contributed by atoms with E-state index in [9.17, 15) is 0 Å². The van der Waals surface area contributed by atoms with E-state index >= 15 is 0 Å². The Morgan fingerprint density at radius 3 is 1.73 bits per heavy atom. The predicted molar refractivity (Wildman–Crippen MR) is 53.3 cm³/mol. The Kier molecular flexibility index (Phi) is 3.92. The Bertz CT molecular complexity index is 93.7. The Hall–Kier alpha value is 0.310. The molecule has 0 aromatic carbocycles. The highest BCUT2D eigenvalue weighted by atomic mass is 32.1. The molecule has 0 N–H and O–H groups in total. The van der Waals surface area contributed by atoms with Crippen LogP contribution in [0.3, 0.4) is 0 Å². The molecule has 0 aliphatic rings. The van der Waals surface area contributed by atoms with Crippen LogP contribution in [0.1, 0.15) is 34.6 Å². The lowest BCUT2D eigenvalue weighted by atomic mass is 9.99. The maximum Gasteiger partial charge on any atom is 0.0605 e. The fraction of sp³-hybridized carbons (Fsp3) is 1.00. The predicted octanol–water partition coefficient (Wildman–Crippen LogP) is 2.76. The van der Waals surface area contributed by atoms with E-state index in [1.165, 1.54) is 0 Å². The van der Waals surface area contributed by atoms with Crippen molar-refractivity contribution in [3.05, 3.63) is 0 Å². The monoisotopic (exact) mass is 176 g/mol. The number of hydrogen-bond donors (Lipinski definition) is 1. The summed E-state index contributed by atoms with van der Waals surface area (Å²) in [5.41, 5.74) is 0.263. The van der Waals surface area contributed by atoms with Gasteiger partial charge in [0.25, 0.3) is 0 Å². The molecule has 0 aromatic heterocycles. The van der Waals surface area contributed by atoms with Gasteiger partial charge >= 0.3 is 0 Å². The van der Waals surface area contributed by atoms with Crippen molar-refractivity contribution in [2.24, 2.45) is 5.41 Å². The van der Waals surface area contributed by atoms with Gasteiger partial charge in [-0.2, -0.15) is 12.6 Å². The van der Waals surface area contributed by atoms with Crippen molar-refractivity contribution in [2.45, 2.75) is 39.4 Å². The van der Waals surface area contributed by atoms with Gasteiger partial charge in [0, 0.05) is 4.75 Å². The van der Waals surface area contributed by atoms with E-state index < -0.39 is 0 Å². The lowest BCUT2D eigenvalue weighted by Crippen LogP contribution is -2.24. The van der Waals surface area contributed by atoms with Crippen molar-refractivity contribution in [1.82, 2.24) is 0 Å². The van der Waals surface area contributed by atoms with Gasteiger partial charge in [0.05, 0.1) is 13.2 Å². The summed E-state index contributed by atoms with van der Waals surface area (Å²) in [5.74, 6) is 0. The summed E-state index contributed by atoms with van der Waals surface area (Å²) in [5, 5.41) is 0. The molecule has 0 spiro atoms. The van der Waals surface area contributed by atoms with Crippen LogP contribution in [0.4, 0.5) is 0 Å². The van der Waals surface area contributed by atoms with Gasteiger partial charge in [-0.25, -0.2) is 0 Å². The molecule has 0 saturated carbocycles. The van der Waals surface area contributed by atoms with Crippen molar-refractivity contribution in [2.75, 3.05) is 13.2 Å². The van der Waals surface area contributed by atoms with Crippen LogP contribution in [0.15, 0.2) is 0 Å². The normalized spacial score (nSPS) is 13.6. The zero-order valence-electron chi connectivity index (χ0n) is 8.27. The van der Waals surface area contributed by atoms with Crippen molar-refractivity contribution in [1.29, 1.82) is 0 Å². The van der Waals surface area contributed by atoms with E-state index in [-0.39, 0.29) is 10.2 Å². The molecule has 0 unspecified atom stereocenters. The molecular weight excluding hydrogens is 156 g/mol. The maximum atomic E-state index is 5.49. The van der Waals surface area contributed by atoms with Crippen LogP contribution in [0.25, 0.3) is 0 Å². The summed E-state index contributed by atoms with van der Waals surface area (Å²) in [6.07, 6.45) is 0. The topological polar surface area (TPSA) is 9.23 Å². The molecule has 1 nitrogen and oxygen atoms in total. The fourth-order valence-electron chi connectivity index (χ4n) is 0.607. The Labute approximate surface area is 75.9 Å². The Balaban J connectivity index is 3.44. The molecule has 0 heterocycles. The maximum absolute atomic E-state index is 5.49. The molecular formula is C9H20OS. The number of rotatable bonds is 3. The summed E-state index contributed by atoms with van der Waals surface area (Å²) < 4.78 is 5.48. The number of thiol groups is 1. The van der Waals surface area contributed by atoms with Crippen LogP contribution in [-0.2, 0) is 4.74 Å². The minimum Gasteiger partial charge on any atom is -0.379 e. The highest BCUT2D eigenvalue weighted by molar-refractivity contribution is 7.81. The first-order chi connectivity index (χ1) is 4.71. The molecule has 0 aliphatic carbocycles. The van der Waals surface area contributed by atoms with Crippen molar-refractivity contribution in [3.8, 4) is 0 Å². The molecule has 0 atom stereocenters. The van der Waals surface area contributed by atoms with E-state index in [0.717, 1.165) is 6.61 Å². The fourth-order valence-corrected chi connectivity index (χ4v) is 0.698. The van der Waals surface area contributed by atoms with Crippen molar-refractivity contribution >= 4 is 12.6 Å². The lowest BCUT2D eigenvalue weighted by Gasteiger charge is -2.22. The average Bonchev–Trinajstić information content (AvgIpc) is 1.55. The second kappa shape index (κ2) is 3.81. The molecule has 2 heteroatoms. The minimum absolute atomic E-state index is 0.00868. The molecule has 0 rings (SSSR count). The molecule has 0 saturated heterocycles. The largest absolute Gasteiger partial charge is 0.379 e. The van der Waals surface area contributed by atoms with Crippen LogP contribution in [0.5, 0.6) is 0 Å². The number of ether oxygens (including phenoxy) is 1. The third kappa shape index (κ3) is 10.3. The molecule has 0 amide bonds. The molecule has 68 valence electrons. The van der Waals surface area contributed by atoms with E-state index in [1.54, 1.807) is 0 Å². The zero-order chi connectivity index (χ0) is 9.12. The van der Waals surface area contributed by atoms with Crippen LogP contribution >= 0.6 is 12.6 Å². The third-order valence-corrected chi connectivity index (χ3v) is 1.12. The van der Waals surface area contributed by atoms with E-state index in [2.05, 4.69) is 47.2 Å².